The SMILES string of the molecule is CCC(=O)c1ccc2nc(NC)ccc2c1. The monoisotopic (exact) mass is 214 g/mol. The van der Waals surface area contributed by atoms with Crippen LogP contribution in [0.1, 0.15) is 23.7 Å². The van der Waals surface area contributed by atoms with Gasteiger partial charge in [-0.1, -0.05) is 6.92 Å². The van der Waals surface area contributed by atoms with Crippen LogP contribution in [-0.2, 0) is 0 Å². The van der Waals surface area contributed by atoms with Crippen LogP contribution in [0.5, 0.6) is 0 Å². The lowest BCUT2D eigenvalue weighted by Gasteiger charge is -2.03. The minimum Gasteiger partial charge on any atom is -0.373 e. The highest BCUT2D eigenvalue weighted by atomic mass is 16.1. The molecule has 3 nitrogen and oxygen atoms in total. The van der Waals surface area contributed by atoms with Crippen molar-refractivity contribution in [1.29, 1.82) is 0 Å². The normalized spacial score (nSPS) is 10.4. The van der Waals surface area contributed by atoms with E-state index in [2.05, 4.69) is 10.3 Å². The Morgan fingerprint density at radius 3 is 2.81 bits per heavy atom. The molecular formula is C13H14N2O. The zero-order valence-corrected chi connectivity index (χ0v) is 9.45. The van der Waals surface area contributed by atoms with Crippen molar-refractivity contribution in [3.8, 4) is 0 Å². The van der Waals surface area contributed by atoms with Gasteiger partial charge in [0.15, 0.2) is 5.78 Å². The first-order valence-electron chi connectivity index (χ1n) is 5.36. The number of nitrogens with one attached hydrogen (secondary N) is 1. The molecule has 2 rings (SSSR count). The highest BCUT2D eigenvalue weighted by Gasteiger charge is 2.04. The average molecular weight is 214 g/mol. The summed E-state index contributed by atoms with van der Waals surface area (Å²) in [4.78, 5) is 15.9. The van der Waals surface area contributed by atoms with Gasteiger partial charge in [0.2, 0.25) is 0 Å². The van der Waals surface area contributed by atoms with Gasteiger partial charge < -0.3 is 5.32 Å². The van der Waals surface area contributed by atoms with E-state index in [0.29, 0.717) is 6.42 Å². The summed E-state index contributed by atoms with van der Waals surface area (Å²) < 4.78 is 0. The Labute approximate surface area is 94.5 Å². The van der Waals surface area contributed by atoms with E-state index in [1.165, 1.54) is 0 Å². The van der Waals surface area contributed by atoms with Crippen LogP contribution in [0.2, 0.25) is 0 Å². The summed E-state index contributed by atoms with van der Waals surface area (Å²) in [6, 6.07) is 9.50. The molecule has 0 fully saturated rings. The molecule has 0 aliphatic heterocycles. The molecule has 0 radical (unpaired) electrons. The lowest BCUT2D eigenvalue weighted by molar-refractivity contribution is 0.0988. The van der Waals surface area contributed by atoms with Crippen LogP contribution in [-0.4, -0.2) is 17.8 Å². The molecular weight excluding hydrogens is 200 g/mol. The topological polar surface area (TPSA) is 42.0 Å². The largest absolute Gasteiger partial charge is 0.373 e. The maximum absolute atomic E-state index is 11.5. The van der Waals surface area contributed by atoms with Gasteiger partial charge in [-0.15, -0.1) is 0 Å². The van der Waals surface area contributed by atoms with Crippen LogP contribution in [0.15, 0.2) is 30.3 Å². The molecule has 16 heavy (non-hydrogen) atoms. The number of anilines is 1. The Balaban J connectivity index is 2.51. The van der Waals surface area contributed by atoms with E-state index < -0.39 is 0 Å². The number of benzene rings is 1. The molecule has 0 spiro atoms. The summed E-state index contributed by atoms with van der Waals surface area (Å²) in [5.74, 6) is 1.00. The maximum Gasteiger partial charge on any atom is 0.162 e. The molecule has 3 heteroatoms. The zero-order valence-electron chi connectivity index (χ0n) is 9.45. The molecule has 0 saturated carbocycles. The van der Waals surface area contributed by atoms with Crippen molar-refractivity contribution < 1.29 is 4.79 Å². The van der Waals surface area contributed by atoms with Gasteiger partial charge in [-0.05, 0) is 30.3 Å². The molecule has 1 aromatic heterocycles. The number of aromatic nitrogens is 1. The molecule has 1 heterocycles. The third kappa shape index (κ3) is 1.89. The van der Waals surface area contributed by atoms with E-state index in [4.69, 9.17) is 0 Å². The molecule has 0 bridgehead atoms. The fraction of sp³-hybridized carbons (Fsp3) is 0.231. The molecule has 2 aromatic rings. The van der Waals surface area contributed by atoms with Crippen LogP contribution in [0.4, 0.5) is 5.82 Å². The van der Waals surface area contributed by atoms with Crippen LogP contribution in [0, 0.1) is 0 Å². The van der Waals surface area contributed by atoms with Crippen LogP contribution < -0.4 is 5.32 Å². The van der Waals surface area contributed by atoms with Gasteiger partial charge in [0.1, 0.15) is 5.82 Å². The van der Waals surface area contributed by atoms with Gasteiger partial charge in [0.05, 0.1) is 5.52 Å². The van der Waals surface area contributed by atoms with Crippen LogP contribution in [0.3, 0.4) is 0 Å². The predicted molar refractivity (Wildman–Crippen MR) is 65.9 cm³/mol. The minimum atomic E-state index is 0.166. The van der Waals surface area contributed by atoms with Crippen molar-refractivity contribution in [2.24, 2.45) is 0 Å². The van der Waals surface area contributed by atoms with E-state index in [1.807, 2.05) is 44.3 Å². The number of fused-ring (bicyclic) bond motifs is 1. The fourth-order valence-corrected chi connectivity index (χ4v) is 1.64. The van der Waals surface area contributed by atoms with Gasteiger partial charge in [-0.3, -0.25) is 4.79 Å². The standard InChI is InChI=1S/C13H14N2O/c1-3-12(16)10-4-6-11-9(8-10)5-7-13(14-2)15-11/h4-8H,3H2,1-2H3,(H,14,15). The minimum absolute atomic E-state index is 0.166. The molecule has 0 saturated heterocycles. The number of rotatable bonds is 3. The molecule has 1 N–H and O–H groups in total. The number of carbonyl (C=O) groups is 1. The third-order valence-electron chi connectivity index (χ3n) is 2.59. The van der Waals surface area contributed by atoms with Crippen molar-refractivity contribution in [3.05, 3.63) is 35.9 Å². The molecule has 0 amide bonds. The van der Waals surface area contributed by atoms with E-state index in [1.54, 1.807) is 0 Å². The number of ketones is 1. The smallest absolute Gasteiger partial charge is 0.162 e. The van der Waals surface area contributed by atoms with Crippen molar-refractivity contribution >= 4 is 22.5 Å². The highest BCUT2D eigenvalue weighted by Crippen LogP contribution is 2.17. The zero-order chi connectivity index (χ0) is 11.5. The first kappa shape index (κ1) is 10.6. The van der Waals surface area contributed by atoms with Gasteiger partial charge in [-0.2, -0.15) is 0 Å². The first-order valence-corrected chi connectivity index (χ1v) is 5.36. The van der Waals surface area contributed by atoms with E-state index in [-0.39, 0.29) is 5.78 Å². The van der Waals surface area contributed by atoms with Crippen molar-refractivity contribution in [3.63, 3.8) is 0 Å². The average Bonchev–Trinajstić information content (AvgIpc) is 2.36. The number of hydrogen-bond acceptors (Lipinski definition) is 3. The second-order valence-electron chi connectivity index (χ2n) is 3.63. The number of nitrogens with zero attached hydrogens (tertiary/aromatic N) is 1. The lowest BCUT2D eigenvalue weighted by atomic mass is 10.1. The quantitative estimate of drug-likeness (QED) is 0.799. The Hall–Kier alpha value is -1.90. The van der Waals surface area contributed by atoms with Gasteiger partial charge >= 0.3 is 0 Å². The molecule has 0 atom stereocenters. The second kappa shape index (κ2) is 4.31. The number of Topliss-reactive ketones (excluding diaryl/α,β-unsaturated/α-hetero) is 1. The Bertz CT molecular complexity index is 534. The summed E-state index contributed by atoms with van der Waals surface area (Å²) in [5, 5.41) is 3.99. The van der Waals surface area contributed by atoms with Gasteiger partial charge in [0.25, 0.3) is 0 Å². The summed E-state index contributed by atoms with van der Waals surface area (Å²) in [7, 11) is 1.84. The number of hydrogen-bond donors (Lipinski definition) is 1. The predicted octanol–water partition coefficient (Wildman–Crippen LogP) is 2.87. The third-order valence-corrected chi connectivity index (χ3v) is 2.59. The van der Waals surface area contributed by atoms with E-state index in [9.17, 15) is 4.79 Å². The van der Waals surface area contributed by atoms with Gasteiger partial charge in [-0.25, -0.2) is 4.98 Å². The second-order valence-corrected chi connectivity index (χ2v) is 3.63. The molecule has 0 aliphatic carbocycles. The Morgan fingerprint density at radius 1 is 1.31 bits per heavy atom. The maximum atomic E-state index is 11.5. The number of carbonyl (C=O) groups excluding carboxylic acids is 1. The van der Waals surface area contributed by atoms with Crippen molar-refractivity contribution in [2.45, 2.75) is 13.3 Å². The molecule has 82 valence electrons. The fourth-order valence-electron chi connectivity index (χ4n) is 1.64. The summed E-state index contributed by atoms with van der Waals surface area (Å²) in [6.07, 6.45) is 0.535. The summed E-state index contributed by atoms with van der Waals surface area (Å²) >= 11 is 0. The van der Waals surface area contributed by atoms with Crippen LogP contribution in [0.25, 0.3) is 10.9 Å². The van der Waals surface area contributed by atoms with Crippen molar-refractivity contribution in [1.82, 2.24) is 4.98 Å². The molecule has 1 aromatic carbocycles. The lowest BCUT2D eigenvalue weighted by Crippen LogP contribution is -1.97. The van der Waals surface area contributed by atoms with Gasteiger partial charge in [0, 0.05) is 24.4 Å². The summed E-state index contributed by atoms with van der Waals surface area (Å²) in [5.41, 5.74) is 1.66. The van der Waals surface area contributed by atoms with E-state index in [0.717, 1.165) is 22.3 Å². The molecule has 0 aliphatic rings. The Morgan fingerprint density at radius 2 is 2.12 bits per heavy atom. The van der Waals surface area contributed by atoms with Crippen LogP contribution >= 0.6 is 0 Å². The highest BCUT2D eigenvalue weighted by molar-refractivity contribution is 5.99. The number of pyridine rings is 1. The van der Waals surface area contributed by atoms with Crippen molar-refractivity contribution in [2.75, 3.05) is 12.4 Å². The first-order chi connectivity index (χ1) is 7.74. The molecule has 0 unspecified atom stereocenters. The Kier molecular flexibility index (Phi) is 2.86. The summed E-state index contributed by atoms with van der Waals surface area (Å²) in [6.45, 7) is 1.87. The van der Waals surface area contributed by atoms with E-state index >= 15 is 0 Å².